The zero-order valence-electron chi connectivity index (χ0n) is 14.6. The van der Waals surface area contributed by atoms with Crippen molar-refractivity contribution >= 4 is 5.91 Å². The Bertz CT molecular complexity index is 1010. The molecule has 3 aromatic rings. The van der Waals surface area contributed by atoms with Crippen LogP contribution in [0.2, 0.25) is 0 Å². The fourth-order valence-corrected chi connectivity index (χ4v) is 2.67. The topological polar surface area (TPSA) is 46.9 Å². The number of alkyl halides is 6. The van der Waals surface area contributed by atoms with Gasteiger partial charge in [-0.15, -0.1) is 0 Å². The molecule has 10 heteroatoms. The molecule has 1 heterocycles. The maximum absolute atomic E-state index is 13.6. The molecule has 3 rings (SSSR count). The van der Waals surface area contributed by atoms with E-state index in [0.717, 1.165) is 18.2 Å². The van der Waals surface area contributed by atoms with Crippen LogP contribution in [0.3, 0.4) is 0 Å². The number of hydrogen-bond acceptors (Lipinski definition) is 2. The third-order valence-corrected chi connectivity index (χ3v) is 4.00. The average molecular weight is 413 g/mol. The maximum Gasteiger partial charge on any atom is 0.434 e. The lowest BCUT2D eigenvalue weighted by molar-refractivity contribution is -0.143. The molecule has 4 nitrogen and oxygen atoms in total. The van der Waals surface area contributed by atoms with E-state index in [4.69, 9.17) is 0 Å². The molecule has 0 aliphatic heterocycles. The Balaban J connectivity index is 1.97. The Labute approximate surface area is 160 Å². The largest absolute Gasteiger partial charge is 0.434 e. The third-order valence-electron chi connectivity index (χ3n) is 4.00. The van der Waals surface area contributed by atoms with E-state index in [-0.39, 0.29) is 11.2 Å². The van der Waals surface area contributed by atoms with Crippen molar-refractivity contribution in [2.24, 2.45) is 0 Å². The molecule has 0 bridgehead atoms. The van der Waals surface area contributed by atoms with Gasteiger partial charge in [-0.1, -0.05) is 36.4 Å². The number of carbonyl (C=O) groups is 1. The highest BCUT2D eigenvalue weighted by Crippen LogP contribution is 2.35. The number of nitrogens with zero attached hydrogens (tertiary/aromatic N) is 2. The van der Waals surface area contributed by atoms with E-state index in [1.54, 1.807) is 30.3 Å². The Morgan fingerprint density at radius 1 is 0.931 bits per heavy atom. The minimum absolute atomic E-state index is 0.0221. The van der Waals surface area contributed by atoms with Crippen molar-refractivity contribution in [1.82, 2.24) is 15.1 Å². The quantitative estimate of drug-likeness (QED) is 0.623. The van der Waals surface area contributed by atoms with Crippen molar-refractivity contribution in [3.8, 4) is 5.69 Å². The summed E-state index contributed by atoms with van der Waals surface area (Å²) in [6.07, 6.45) is -9.08. The molecule has 152 valence electrons. The van der Waals surface area contributed by atoms with Gasteiger partial charge in [-0.05, 0) is 23.8 Å². The Morgan fingerprint density at radius 3 is 2.24 bits per heavy atom. The molecule has 0 radical (unpaired) electrons. The van der Waals surface area contributed by atoms with E-state index in [1.165, 1.54) is 0 Å². The Kier molecular flexibility index (Phi) is 5.36. The third kappa shape index (κ3) is 4.58. The van der Waals surface area contributed by atoms with E-state index in [9.17, 15) is 31.1 Å². The molecule has 2 aromatic carbocycles. The van der Waals surface area contributed by atoms with E-state index in [0.29, 0.717) is 17.8 Å². The Morgan fingerprint density at radius 2 is 1.62 bits per heavy atom. The molecule has 0 saturated carbocycles. The monoisotopic (exact) mass is 413 g/mol. The van der Waals surface area contributed by atoms with Crippen molar-refractivity contribution in [1.29, 1.82) is 0 Å². The van der Waals surface area contributed by atoms with Crippen LogP contribution in [-0.2, 0) is 18.9 Å². The van der Waals surface area contributed by atoms with Gasteiger partial charge < -0.3 is 5.32 Å². The van der Waals surface area contributed by atoms with Crippen LogP contribution in [0.25, 0.3) is 5.69 Å². The number of benzene rings is 2. The molecule has 1 aromatic heterocycles. The fourth-order valence-electron chi connectivity index (χ4n) is 2.67. The predicted octanol–water partition coefficient (Wildman–Crippen LogP) is 4.84. The van der Waals surface area contributed by atoms with Gasteiger partial charge in [-0.25, -0.2) is 4.68 Å². The lowest BCUT2D eigenvalue weighted by Gasteiger charge is -2.14. The number of hydrogen-bond donors (Lipinski definition) is 1. The van der Waals surface area contributed by atoms with Gasteiger partial charge in [0, 0.05) is 6.54 Å². The molecular weight excluding hydrogens is 400 g/mol. The number of carbonyl (C=O) groups excluding carboxylic acids is 1. The second kappa shape index (κ2) is 7.61. The summed E-state index contributed by atoms with van der Waals surface area (Å²) in [6, 6.07) is 11.8. The van der Waals surface area contributed by atoms with Gasteiger partial charge in [0.15, 0.2) is 5.69 Å². The molecule has 0 fully saturated rings. The average Bonchev–Trinajstić information content (AvgIpc) is 3.12. The summed E-state index contributed by atoms with van der Waals surface area (Å²) in [5, 5.41) is 5.88. The molecule has 1 N–H and O–H groups in total. The van der Waals surface area contributed by atoms with Gasteiger partial charge in [-0.2, -0.15) is 31.4 Å². The molecule has 0 saturated heterocycles. The molecule has 29 heavy (non-hydrogen) atoms. The highest BCUT2D eigenvalue weighted by Gasteiger charge is 2.41. The first kappa shape index (κ1) is 20.4. The lowest BCUT2D eigenvalue weighted by Crippen LogP contribution is -2.26. The number of aromatic nitrogens is 2. The van der Waals surface area contributed by atoms with Crippen LogP contribution in [-0.4, -0.2) is 15.7 Å². The summed E-state index contributed by atoms with van der Waals surface area (Å²) in [6.45, 7) is -0.0221. The lowest BCUT2D eigenvalue weighted by atomic mass is 10.1. The minimum Gasteiger partial charge on any atom is -0.348 e. The van der Waals surface area contributed by atoms with Gasteiger partial charge >= 0.3 is 12.4 Å². The zero-order chi connectivity index (χ0) is 21.2. The molecule has 0 aliphatic carbocycles. The van der Waals surface area contributed by atoms with E-state index in [1.807, 2.05) is 0 Å². The summed E-state index contributed by atoms with van der Waals surface area (Å²) >= 11 is 0. The summed E-state index contributed by atoms with van der Waals surface area (Å²) < 4.78 is 79.8. The standard InChI is InChI=1S/C19H13F6N3O/c20-18(21,22)13-7-4-8-14(9-13)28-16(19(23,24)25)15(11-27-28)17(29)26-10-12-5-2-1-3-6-12/h1-9,11H,10H2,(H,26,29). The van der Waals surface area contributed by atoms with Crippen LogP contribution in [0, 0.1) is 0 Å². The number of rotatable bonds is 4. The molecule has 0 spiro atoms. The molecule has 0 unspecified atom stereocenters. The second-order valence-corrected chi connectivity index (χ2v) is 6.03. The second-order valence-electron chi connectivity index (χ2n) is 6.03. The summed E-state index contributed by atoms with van der Waals surface area (Å²) in [4.78, 5) is 12.3. The molecule has 1 amide bonds. The molecule has 0 aliphatic rings. The number of nitrogens with one attached hydrogen (secondary N) is 1. The highest BCUT2D eigenvalue weighted by atomic mass is 19.4. The van der Waals surface area contributed by atoms with Gasteiger partial charge in [-0.3, -0.25) is 4.79 Å². The smallest absolute Gasteiger partial charge is 0.348 e. The van der Waals surface area contributed by atoms with Crippen molar-refractivity contribution in [2.45, 2.75) is 18.9 Å². The summed E-state index contributed by atoms with van der Waals surface area (Å²) in [5.74, 6) is -1.04. The predicted molar refractivity (Wildman–Crippen MR) is 91.2 cm³/mol. The first-order valence-electron chi connectivity index (χ1n) is 8.22. The van der Waals surface area contributed by atoms with Crippen LogP contribution in [0.1, 0.15) is 27.2 Å². The Hall–Kier alpha value is -3.30. The number of halogens is 6. The van der Waals surface area contributed by atoms with Crippen LogP contribution in [0.4, 0.5) is 26.3 Å². The first-order valence-corrected chi connectivity index (χ1v) is 8.22. The van der Waals surface area contributed by atoms with Crippen molar-refractivity contribution < 1.29 is 31.1 Å². The van der Waals surface area contributed by atoms with Gasteiger partial charge in [0.1, 0.15) is 0 Å². The molecule has 0 atom stereocenters. The van der Waals surface area contributed by atoms with E-state index < -0.39 is 40.8 Å². The van der Waals surface area contributed by atoms with Crippen molar-refractivity contribution in [3.63, 3.8) is 0 Å². The molecular formula is C19H13F6N3O. The van der Waals surface area contributed by atoms with Gasteiger partial charge in [0.05, 0.1) is 23.0 Å². The number of amides is 1. The normalized spacial score (nSPS) is 12.1. The first-order chi connectivity index (χ1) is 13.6. The van der Waals surface area contributed by atoms with Crippen LogP contribution in [0.15, 0.2) is 60.8 Å². The van der Waals surface area contributed by atoms with Crippen LogP contribution >= 0.6 is 0 Å². The SMILES string of the molecule is O=C(NCc1ccccc1)c1cnn(-c2cccc(C(F)(F)F)c2)c1C(F)(F)F. The maximum atomic E-state index is 13.6. The van der Waals surface area contributed by atoms with E-state index >= 15 is 0 Å². The van der Waals surface area contributed by atoms with Crippen LogP contribution in [0.5, 0.6) is 0 Å². The summed E-state index contributed by atoms with van der Waals surface area (Å²) in [7, 11) is 0. The van der Waals surface area contributed by atoms with E-state index in [2.05, 4.69) is 10.4 Å². The van der Waals surface area contributed by atoms with Crippen LogP contribution < -0.4 is 5.32 Å². The van der Waals surface area contributed by atoms with Gasteiger partial charge in [0.2, 0.25) is 0 Å². The van der Waals surface area contributed by atoms with Crippen molar-refractivity contribution in [2.75, 3.05) is 0 Å². The van der Waals surface area contributed by atoms with Crippen molar-refractivity contribution in [3.05, 3.63) is 83.2 Å². The minimum atomic E-state index is -5.02. The fraction of sp³-hybridized carbons (Fsp3) is 0.158. The zero-order valence-corrected chi connectivity index (χ0v) is 14.6. The summed E-state index contributed by atoms with van der Waals surface area (Å²) in [5.41, 5.74) is -3.17. The highest BCUT2D eigenvalue weighted by molar-refractivity contribution is 5.95. The van der Waals surface area contributed by atoms with Gasteiger partial charge in [0.25, 0.3) is 5.91 Å².